The summed E-state index contributed by atoms with van der Waals surface area (Å²) in [5, 5.41) is 0. The summed E-state index contributed by atoms with van der Waals surface area (Å²) in [6.45, 7) is 6.05. The molecule has 1 aromatic rings. The summed E-state index contributed by atoms with van der Waals surface area (Å²) in [6.07, 6.45) is 0.740. The molecule has 0 aliphatic carbocycles. The molecule has 1 rings (SSSR count). The molecular formula is C12H18N2O2. The Bertz CT molecular complexity index is 364. The molecule has 0 saturated heterocycles. The summed E-state index contributed by atoms with van der Waals surface area (Å²) in [7, 11) is 0. The zero-order chi connectivity index (χ0) is 12.1. The van der Waals surface area contributed by atoms with Crippen LogP contribution in [0.5, 0.6) is 0 Å². The number of hydrogen-bond donors (Lipinski definition) is 1. The Morgan fingerprint density at radius 2 is 2.12 bits per heavy atom. The van der Waals surface area contributed by atoms with E-state index in [0.717, 1.165) is 6.42 Å². The molecule has 0 spiro atoms. The second-order valence-electron chi connectivity index (χ2n) is 4.29. The number of pyridine rings is 1. The van der Waals surface area contributed by atoms with Gasteiger partial charge in [-0.2, -0.15) is 0 Å². The maximum Gasteiger partial charge on any atom is 0.357 e. The Hall–Kier alpha value is -1.58. The number of nitrogens with two attached hydrogens (primary N) is 1. The number of esters is 1. The molecule has 1 atom stereocenters. The highest BCUT2D eigenvalue weighted by atomic mass is 16.5. The smallest absolute Gasteiger partial charge is 0.357 e. The minimum atomic E-state index is -0.416. The van der Waals surface area contributed by atoms with Crippen LogP contribution in [0, 0.1) is 5.92 Å². The lowest BCUT2D eigenvalue weighted by molar-refractivity contribution is 0.0293. The van der Waals surface area contributed by atoms with Crippen molar-refractivity contribution in [2.24, 2.45) is 5.92 Å². The first-order valence-corrected chi connectivity index (χ1v) is 5.42. The van der Waals surface area contributed by atoms with E-state index in [0.29, 0.717) is 11.7 Å². The van der Waals surface area contributed by atoms with Crippen LogP contribution >= 0.6 is 0 Å². The van der Waals surface area contributed by atoms with Gasteiger partial charge in [-0.25, -0.2) is 9.78 Å². The topological polar surface area (TPSA) is 65.2 Å². The van der Waals surface area contributed by atoms with Gasteiger partial charge in [-0.15, -0.1) is 0 Å². The van der Waals surface area contributed by atoms with Crippen molar-refractivity contribution in [3.63, 3.8) is 0 Å². The van der Waals surface area contributed by atoms with Crippen LogP contribution in [0.2, 0.25) is 0 Å². The molecule has 0 fully saturated rings. The van der Waals surface area contributed by atoms with Crippen molar-refractivity contribution in [3.8, 4) is 0 Å². The van der Waals surface area contributed by atoms with Crippen LogP contribution in [0.25, 0.3) is 0 Å². The number of carbonyl (C=O) groups is 1. The van der Waals surface area contributed by atoms with Crippen molar-refractivity contribution < 1.29 is 9.53 Å². The predicted octanol–water partition coefficient (Wildman–Crippen LogP) is 2.26. The molecule has 0 aliphatic rings. The van der Waals surface area contributed by atoms with Crippen LogP contribution in [0.4, 0.5) is 5.82 Å². The molecule has 2 N–H and O–H groups in total. The molecule has 0 aromatic carbocycles. The Kier molecular flexibility index (Phi) is 4.28. The quantitative estimate of drug-likeness (QED) is 0.793. The van der Waals surface area contributed by atoms with Crippen molar-refractivity contribution in [3.05, 3.63) is 23.9 Å². The van der Waals surface area contributed by atoms with E-state index in [-0.39, 0.29) is 11.8 Å². The summed E-state index contributed by atoms with van der Waals surface area (Å²) in [5.41, 5.74) is 5.75. The second kappa shape index (κ2) is 5.49. The van der Waals surface area contributed by atoms with E-state index in [1.807, 2.05) is 6.92 Å². The van der Waals surface area contributed by atoms with Gasteiger partial charge in [-0.05, 0) is 31.4 Å². The second-order valence-corrected chi connectivity index (χ2v) is 4.29. The highest BCUT2D eigenvalue weighted by molar-refractivity contribution is 5.87. The van der Waals surface area contributed by atoms with Gasteiger partial charge in [0.1, 0.15) is 5.82 Å². The first-order valence-electron chi connectivity index (χ1n) is 5.42. The molecule has 4 heteroatoms. The summed E-state index contributed by atoms with van der Waals surface area (Å²) in [4.78, 5) is 15.6. The van der Waals surface area contributed by atoms with Crippen LogP contribution < -0.4 is 5.73 Å². The van der Waals surface area contributed by atoms with Crippen molar-refractivity contribution in [1.82, 2.24) is 4.98 Å². The van der Waals surface area contributed by atoms with E-state index in [4.69, 9.17) is 10.5 Å². The Morgan fingerprint density at radius 1 is 1.44 bits per heavy atom. The minimum Gasteiger partial charge on any atom is -0.458 e. The number of ether oxygens (including phenoxy) is 1. The number of rotatable bonds is 4. The van der Waals surface area contributed by atoms with Crippen LogP contribution in [0.3, 0.4) is 0 Å². The molecule has 0 aliphatic heterocycles. The lowest BCUT2D eigenvalue weighted by Gasteiger charge is -2.14. The molecule has 0 bridgehead atoms. The van der Waals surface area contributed by atoms with Gasteiger partial charge in [-0.1, -0.05) is 19.9 Å². The first-order chi connectivity index (χ1) is 7.49. The summed E-state index contributed by atoms with van der Waals surface area (Å²) >= 11 is 0. The summed E-state index contributed by atoms with van der Waals surface area (Å²) < 4.78 is 5.25. The van der Waals surface area contributed by atoms with Gasteiger partial charge in [0.25, 0.3) is 0 Å². The molecule has 4 nitrogen and oxygen atoms in total. The van der Waals surface area contributed by atoms with E-state index in [1.54, 1.807) is 18.2 Å². The van der Waals surface area contributed by atoms with Crippen LogP contribution in [0.15, 0.2) is 18.2 Å². The largest absolute Gasteiger partial charge is 0.458 e. The Balaban J connectivity index is 2.59. The van der Waals surface area contributed by atoms with Crippen LogP contribution in [-0.4, -0.2) is 17.1 Å². The van der Waals surface area contributed by atoms with E-state index in [1.165, 1.54) is 0 Å². The zero-order valence-electron chi connectivity index (χ0n) is 9.93. The maximum atomic E-state index is 11.6. The third kappa shape index (κ3) is 3.88. The molecule has 1 aromatic heterocycles. The molecule has 88 valence electrons. The van der Waals surface area contributed by atoms with Gasteiger partial charge >= 0.3 is 5.97 Å². The summed E-state index contributed by atoms with van der Waals surface area (Å²) in [5.74, 6) is 0.406. The lowest BCUT2D eigenvalue weighted by Crippen LogP contribution is -2.18. The molecule has 1 heterocycles. The van der Waals surface area contributed by atoms with E-state index in [9.17, 15) is 4.79 Å². The van der Waals surface area contributed by atoms with Crippen molar-refractivity contribution >= 4 is 11.8 Å². The van der Waals surface area contributed by atoms with Crippen LogP contribution in [0.1, 0.15) is 37.7 Å². The number of anilines is 1. The summed E-state index contributed by atoms with van der Waals surface area (Å²) in [6, 6.07) is 4.92. The molecular weight excluding hydrogens is 204 g/mol. The minimum absolute atomic E-state index is 0.101. The molecule has 0 radical (unpaired) electrons. The first kappa shape index (κ1) is 12.5. The SMILES string of the molecule is CC(C)CC(C)OC(=O)c1cccc(N)n1. The van der Waals surface area contributed by atoms with Crippen molar-refractivity contribution in [2.75, 3.05) is 5.73 Å². The van der Waals surface area contributed by atoms with Crippen molar-refractivity contribution in [1.29, 1.82) is 0 Å². The van der Waals surface area contributed by atoms with Gasteiger partial charge in [-0.3, -0.25) is 0 Å². The van der Waals surface area contributed by atoms with Gasteiger partial charge < -0.3 is 10.5 Å². The zero-order valence-corrected chi connectivity index (χ0v) is 9.93. The number of nitrogens with zero attached hydrogens (tertiary/aromatic N) is 1. The third-order valence-electron chi connectivity index (χ3n) is 2.09. The van der Waals surface area contributed by atoms with E-state index in [2.05, 4.69) is 18.8 Å². The van der Waals surface area contributed by atoms with E-state index < -0.39 is 5.97 Å². The number of nitrogen functional groups attached to an aromatic ring is 1. The van der Waals surface area contributed by atoms with E-state index >= 15 is 0 Å². The fourth-order valence-electron chi connectivity index (χ4n) is 1.52. The predicted molar refractivity (Wildman–Crippen MR) is 63.0 cm³/mol. The number of carbonyl (C=O) groups excluding carboxylic acids is 1. The maximum absolute atomic E-state index is 11.6. The highest BCUT2D eigenvalue weighted by Gasteiger charge is 2.14. The fourth-order valence-corrected chi connectivity index (χ4v) is 1.52. The average molecular weight is 222 g/mol. The normalized spacial score (nSPS) is 12.5. The molecule has 0 amide bonds. The van der Waals surface area contributed by atoms with Gasteiger partial charge in [0.2, 0.25) is 0 Å². The van der Waals surface area contributed by atoms with Gasteiger partial charge in [0, 0.05) is 0 Å². The number of aromatic nitrogens is 1. The third-order valence-corrected chi connectivity index (χ3v) is 2.09. The van der Waals surface area contributed by atoms with Crippen molar-refractivity contribution in [2.45, 2.75) is 33.3 Å². The van der Waals surface area contributed by atoms with Gasteiger partial charge in [0.15, 0.2) is 5.69 Å². The molecule has 16 heavy (non-hydrogen) atoms. The number of hydrogen-bond acceptors (Lipinski definition) is 4. The molecule has 0 saturated carbocycles. The average Bonchev–Trinajstić information content (AvgIpc) is 2.16. The Morgan fingerprint density at radius 3 is 2.69 bits per heavy atom. The standard InChI is InChI=1S/C12H18N2O2/c1-8(2)7-9(3)16-12(15)10-5-4-6-11(13)14-10/h4-6,8-9H,7H2,1-3H3,(H2,13,14). The highest BCUT2D eigenvalue weighted by Crippen LogP contribution is 2.10. The molecule has 1 unspecified atom stereocenters. The van der Waals surface area contributed by atoms with Crippen LogP contribution in [-0.2, 0) is 4.74 Å². The Labute approximate surface area is 95.8 Å². The monoisotopic (exact) mass is 222 g/mol. The lowest BCUT2D eigenvalue weighted by atomic mass is 10.1. The van der Waals surface area contributed by atoms with Gasteiger partial charge in [0.05, 0.1) is 6.10 Å². The fraction of sp³-hybridized carbons (Fsp3) is 0.500.